The summed E-state index contributed by atoms with van der Waals surface area (Å²) in [6.07, 6.45) is 1.78. The Morgan fingerprint density at radius 1 is 0.742 bits per heavy atom. The number of rotatable bonds is 7. The van der Waals surface area contributed by atoms with E-state index in [4.69, 9.17) is 9.47 Å². The summed E-state index contributed by atoms with van der Waals surface area (Å²) in [5, 5.41) is 3.29. The molecule has 0 spiro atoms. The van der Waals surface area contributed by atoms with Crippen molar-refractivity contribution in [3.05, 3.63) is 108 Å². The highest BCUT2D eigenvalue weighted by Gasteiger charge is 2.13. The first kappa shape index (κ1) is 19.3. The average molecular weight is 425 g/mol. The number of benzene rings is 3. The molecule has 0 aliphatic rings. The van der Waals surface area contributed by atoms with Crippen LogP contribution < -0.4 is 9.47 Å². The zero-order valence-corrected chi connectivity index (χ0v) is 17.6. The van der Waals surface area contributed by atoms with Crippen LogP contribution in [0.2, 0.25) is 0 Å². The van der Waals surface area contributed by atoms with E-state index in [-0.39, 0.29) is 0 Å². The SMILES string of the molecule is c1ccc(COc2ncc(-c3ccc4sccc4c3)c(OCc3ccccc3)n2)cc1. The monoisotopic (exact) mass is 424 g/mol. The van der Waals surface area contributed by atoms with E-state index in [9.17, 15) is 0 Å². The maximum absolute atomic E-state index is 6.14. The quantitative estimate of drug-likeness (QED) is 0.298. The molecule has 0 fully saturated rings. The van der Waals surface area contributed by atoms with Gasteiger partial charge in [0.15, 0.2) is 0 Å². The Kier molecular flexibility index (Phi) is 5.58. The van der Waals surface area contributed by atoms with Gasteiger partial charge in [-0.2, -0.15) is 4.98 Å². The van der Waals surface area contributed by atoms with Crippen molar-refractivity contribution in [1.82, 2.24) is 9.97 Å². The summed E-state index contributed by atoms with van der Waals surface area (Å²) >= 11 is 1.73. The van der Waals surface area contributed by atoms with Gasteiger partial charge in [-0.05, 0) is 45.7 Å². The molecule has 0 atom stereocenters. The van der Waals surface area contributed by atoms with E-state index < -0.39 is 0 Å². The van der Waals surface area contributed by atoms with Gasteiger partial charge in [0, 0.05) is 10.9 Å². The molecule has 2 heterocycles. The van der Waals surface area contributed by atoms with Crippen LogP contribution >= 0.6 is 11.3 Å². The Bertz CT molecular complexity index is 1290. The van der Waals surface area contributed by atoms with Gasteiger partial charge in [0.1, 0.15) is 13.2 Å². The minimum Gasteiger partial charge on any atom is -0.472 e. The van der Waals surface area contributed by atoms with Crippen molar-refractivity contribution in [2.75, 3.05) is 0 Å². The molecule has 0 saturated heterocycles. The fraction of sp³-hybridized carbons (Fsp3) is 0.0769. The highest BCUT2D eigenvalue weighted by molar-refractivity contribution is 7.17. The van der Waals surface area contributed by atoms with E-state index in [1.165, 1.54) is 10.1 Å². The van der Waals surface area contributed by atoms with Gasteiger partial charge in [0.25, 0.3) is 0 Å². The van der Waals surface area contributed by atoms with E-state index in [0.29, 0.717) is 25.1 Å². The number of thiophene rings is 1. The van der Waals surface area contributed by atoms with Crippen molar-refractivity contribution in [2.45, 2.75) is 13.2 Å². The van der Waals surface area contributed by atoms with E-state index in [2.05, 4.69) is 39.6 Å². The fourth-order valence-corrected chi connectivity index (χ4v) is 4.08. The number of ether oxygens (including phenoxy) is 2. The lowest BCUT2D eigenvalue weighted by molar-refractivity contribution is 0.259. The highest BCUT2D eigenvalue weighted by Crippen LogP contribution is 2.33. The maximum Gasteiger partial charge on any atom is 0.320 e. The molecule has 5 aromatic rings. The molecule has 0 amide bonds. The predicted molar refractivity (Wildman–Crippen MR) is 124 cm³/mol. The van der Waals surface area contributed by atoms with Crippen LogP contribution in [0, 0.1) is 0 Å². The third kappa shape index (κ3) is 4.57. The lowest BCUT2D eigenvalue weighted by Gasteiger charge is -2.12. The molecule has 31 heavy (non-hydrogen) atoms. The molecule has 0 radical (unpaired) electrons. The normalized spacial score (nSPS) is 10.8. The van der Waals surface area contributed by atoms with Crippen LogP contribution in [-0.4, -0.2) is 9.97 Å². The first-order valence-electron chi connectivity index (χ1n) is 10.0. The Labute approximate surface area is 184 Å². The van der Waals surface area contributed by atoms with Crippen LogP contribution in [0.4, 0.5) is 0 Å². The van der Waals surface area contributed by atoms with Crippen molar-refractivity contribution in [1.29, 1.82) is 0 Å². The second-order valence-corrected chi connectivity index (χ2v) is 8.04. The van der Waals surface area contributed by atoms with Gasteiger partial charge in [-0.1, -0.05) is 66.7 Å². The highest BCUT2D eigenvalue weighted by atomic mass is 32.1. The zero-order chi connectivity index (χ0) is 20.9. The van der Waals surface area contributed by atoms with Gasteiger partial charge < -0.3 is 9.47 Å². The minimum atomic E-state index is 0.298. The Morgan fingerprint density at radius 2 is 1.45 bits per heavy atom. The molecule has 2 aromatic heterocycles. The van der Waals surface area contributed by atoms with Crippen molar-refractivity contribution >= 4 is 21.4 Å². The molecule has 5 heteroatoms. The zero-order valence-electron chi connectivity index (χ0n) is 16.8. The summed E-state index contributed by atoms with van der Waals surface area (Å²) in [4.78, 5) is 9.04. The second kappa shape index (κ2) is 8.98. The van der Waals surface area contributed by atoms with Crippen LogP contribution in [0.1, 0.15) is 11.1 Å². The third-order valence-electron chi connectivity index (χ3n) is 4.92. The summed E-state index contributed by atoms with van der Waals surface area (Å²) in [6, 6.07) is 28.8. The second-order valence-electron chi connectivity index (χ2n) is 7.09. The first-order chi connectivity index (χ1) is 15.3. The van der Waals surface area contributed by atoms with Gasteiger partial charge in [-0.15, -0.1) is 11.3 Å². The lowest BCUT2D eigenvalue weighted by Crippen LogP contribution is -2.04. The molecule has 0 aliphatic heterocycles. The summed E-state index contributed by atoms with van der Waals surface area (Å²) in [6.45, 7) is 0.822. The summed E-state index contributed by atoms with van der Waals surface area (Å²) < 4.78 is 13.2. The predicted octanol–water partition coefficient (Wildman–Crippen LogP) is 6.52. The largest absolute Gasteiger partial charge is 0.472 e. The fourth-order valence-electron chi connectivity index (χ4n) is 3.31. The lowest BCUT2D eigenvalue weighted by atomic mass is 10.1. The van der Waals surface area contributed by atoms with Crippen LogP contribution in [-0.2, 0) is 13.2 Å². The summed E-state index contributed by atoms with van der Waals surface area (Å²) in [5.74, 6) is 0.511. The maximum atomic E-state index is 6.14. The van der Waals surface area contributed by atoms with Gasteiger partial charge in [-0.25, -0.2) is 4.98 Å². The average Bonchev–Trinajstić information content (AvgIpc) is 3.31. The Hall–Kier alpha value is -3.70. The van der Waals surface area contributed by atoms with Crippen molar-refractivity contribution < 1.29 is 9.47 Å². The van der Waals surface area contributed by atoms with Crippen molar-refractivity contribution in [3.63, 3.8) is 0 Å². The molecular weight excluding hydrogens is 404 g/mol. The summed E-state index contributed by atoms with van der Waals surface area (Å²) in [7, 11) is 0. The van der Waals surface area contributed by atoms with E-state index in [1.807, 2.05) is 60.7 Å². The van der Waals surface area contributed by atoms with Crippen LogP contribution in [0.3, 0.4) is 0 Å². The van der Waals surface area contributed by atoms with Gasteiger partial charge in [0.05, 0.1) is 5.56 Å². The molecule has 0 aliphatic carbocycles. The van der Waals surface area contributed by atoms with Crippen LogP contribution in [0.5, 0.6) is 11.9 Å². The number of fused-ring (bicyclic) bond motifs is 1. The first-order valence-corrected chi connectivity index (χ1v) is 10.9. The minimum absolute atomic E-state index is 0.298. The number of hydrogen-bond acceptors (Lipinski definition) is 5. The van der Waals surface area contributed by atoms with Gasteiger partial charge >= 0.3 is 6.01 Å². The molecule has 4 nitrogen and oxygen atoms in total. The molecule has 3 aromatic carbocycles. The molecule has 152 valence electrons. The molecule has 0 bridgehead atoms. The van der Waals surface area contributed by atoms with Crippen LogP contribution in [0.25, 0.3) is 21.2 Å². The van der Waals surface area contributed by atoms with Crippen molar-refractivity contribution in [2.24, 2.45) is 0 Å². The van der Waals surface area contributed by atoms with E-state index >= 15 is 0 Å². The van der Waals surface area contributed by atoms with E-state index in [1.54, 1.807) is 17.5 Å². The molecular formula is C26H20N2O2S. The van der Waals surface area contributed by atoms with Gasteiger partial charge in [-0.3, -0.25) is 0 Å². The van der Waals surface area contributed by atoms with E-state index in [0.717, 1.165) is 22.3 Å². The van der Waals surface area contributed by atoms with Crippen molar-refractivity contribution in [3.8, 4) is 23.0 Å². The molecule has 5 rings (SSSR count). The summed E-state index contributed by atoms with van der Waals surface area (Å²) in [5.41, 5.74) is 4.00. The standard InChI is InChI=1S/C26H20N2O2S/c1-3-7-19(8-4-1)17-29-25-23(21-11-12-24-22(15-21)13-14-31-24)16-27-26(28-25)30-18-20-9-5-2-6-10-20/h1-16H,17-18H2. The number of aromatic nitrogens is 2. The Balaban J connectivity index is 1.45. The molecule has 0 unspecified atom stereocenters. The number of nitrogens with zero attached hydrogens (tertiary/aromatic N) is 2. The molecule has 0 saturated carbocycles. The molecule has 0 N–H and O–H groups in total. The third-order valence-corrected chi connectivity index (χ3v) is 5.82. The van der Waals surface area contributed by atoms with Crippen LogP contribution in [0.15, 0.2) is 96.5 Å². The van der Waals surface area contributed by atoms with Gasteiger partial charge in [0.2, 0.25) is 5.88 Å². The number of hydrogen-bond donors (Lipinski definition) is 0. The topological polar surface area (TPSA) is 44.2 Å². The Morgan fingerprint density at radius 3 is 2.19 bits per heavy atom. The smallest absolute Gasteiger partial charge is 0.320 e.